The molecule has 292 valence electrons. The van der Waals surface area contributed by atoms with Gasteiger partial charge in [0.25, 0.3) is 5.91 Å². The van der Waals surface area contributed by atoms with Crippen LogP contribution in [0.3, 0.4) is 0 Å². The van der Waals surface area contributed by atoms with Crippen molar-refractivity contribution in [1.29, 1.82) is 0 Å². The molecule has 8 N–H and O–H groups in total. The van der Waals surface area contributed by atoms with Crippen molar-refractivity contribution in [1.82, 2.24) is 16.0 Å². The lowest BCUT2D eigenvalue weighted by Gasteiger charge is -2.24. The third-order valence-electron chi connectivity index (χ3n) is 7.84. The van der Waals surface area contributed by atoms with Crippen LogP contribution in [0.25, 0.3) is 0 Å². The molecule has 4 amide bonds. The second-order valence-corrected chi connectivity index (χ2v) is 15.2. The molecular formula is C32H34F4N4O12P2. The van der Waals surface area contributed by atoms with Gasteiger partial charge in [-0.05, 0) is 44.3 Å². The van der Waals surface area contributed by atoms with Gasteiger partial charge in [0.05, 0.1) is 12.1 Å². The van der Waals surface area contributed by atoms with Crippen molar-refractivity contribution in [3.8, 4) is 0 Å². The zero-order valence-electron chi connectivity index (χ0n) is 27.8. The number of aliphatic carboxylic acids is 1. The molecule has 3 aromatic rings. The number of hydrogen-bond acceptors (Lipinski definition) is 9. The van der Waals surface area contributed by atoms with Gasteiger partial charge in [-0.1, -0.05) is 66.7 Å². The van der Waals surface area contributed by atoms with E-state index in [2.05, 4.69) is 25.4 Å². The van der Waals surface area contributed by atoms with Crippen molar-refractivity contribution >= 4 is 44.8 Å². The first-order chi connectivity index (χ1) is 25.3. The highest BCUT2D eigenvalue weighted by Gasteiger charge is 2.50. The van der Waals surface area contributed by atoms with Crippen molar-refractivity contribution < 1.29 is 75.3 Å². The van der Waals surface area contributed by atoms with Gasteiger partial charge in [-0.2, -0.15) is 8.78 Å². The highest BCUT2D eigenvalue weighted by molar-refractivity contribution is 7.52. The first-order valence-electron chi connectivity index (χ1n) is 15.6. The van der Waals surface area contributed by atoms with Crippen LogP contribution >= 0.6 is 15.2 Å². The predicted octanol–water partition coefficient (Wildman–Crippen LogP) is 3.48. The number of carboxylic acids is 1. The Balaban J connectivity index is 1.89. The summed E-state index contributed by atoms with van der Waals surface area (Å²) < 4.78 is 82.7. The molecule has 0 aliphatic heterocycles. The summed E-state index contributed by atoms with van der Waals surface area (Å²) in [6.07, 6.45) is -2.29. The Bertz CT molecular complexity index is 1890. The molecule has 22 heteroatoms. The Morgan fingerprint density at radius 2 is 1.37 bits per heavy atom. The van der Waals surface area contributed by atoms with Gasteiger partial charge in [0.15, 0.2) is 0 Å². The molecule has 0 aromatic heterocycles. The zero-order chi connectivity index (χ0) is 40.3. The maximum absolute atomic E-state index is 14.3. The van der Waals surface area contributed by atoms with Crippen molar-refractivity contribution in [2.24, 2.45) is 5.73 Å². The lowest BCUT2D eigenvalue weighted by molar-refractivity contribution is -0.137. The van der Waals surface area contributed by atoms with Crippen LogP contribution in [0.2, 0.25) is 0 Å². The Labute approximate surface area is 303 Å². The number of carbonyl (C=O) groups excluding carboxylic acids is 4. The van der Waals surface area contributed by atoms with Gasteiger partial charge >= 0.3 is 26.8 Å². The van der Waals surface area contributed by atoms with Gasteiger partial charge in [-0.25, -0.2) is 0 Å². The first-order valence-corrected chi connectivity index (χ1v) is 18.9. The number of amides is 4. The van der Waals surface area contributed by atoms with Crippen molar-refractivity contribution in [3.05, 3.63) is 107 Å². The molecule has 0 bridgehead atoms. The fourth-order valence-corrected chi connectivity index (χ4v) is 6.20. The Kier molecular flexibility index (Phi) is 15.2. The number of carbonyl (C=O) groups is 5. The standard InChI is InChI=1S/C32H34F4N4O12P2/c33-32(34,54(48,49)50)23-12-8-19(9-13-23)16-26(40-31(46)25(14-15-27(41)42)39-29(44)22-4-2-1-3-5-22)30(45)38-17-24(28(37)43)21-10-6-20(7-11-21)18-53(47,51-35)52-36/h1-13,24-26H,14-18H2,(H2,37,43)(H,38,45)(H,39,44)(H,40,46)(H,41,42)(H2,48,49,50)/t24-,25?,26?/m0/s1. The highest BCUT2D eigenvalue weighted by atomic mass is 31.2. The van der Waals surface area contributed by atoms with E-state index in [-0.39, 0.29) is 22.3 Å². The van der Waals surface area contributed by atoms with E-state index in [4.69, 9.17) is 15.5 Å². The minimum absolute atomic E-state index is 0.0637. The van der Waals surface area contributed by atoms with E-state index >= 15 is 0 Å². The monoisotopic (exact) mass is 804 g/mol. The zero-order valence-corrected chi connectivity index (χ0v) is 29.6. The smallest absolute Gasteiger partial charge is 0.399 e. The lowest BCUT2D eigenvalue weighted by Crippen LogP contribution is -2.55. The largest absolute Gasteiger partial charge is 0.481 e. The van der Waals surface area contributed by atoms with E-state index in [9.17, 15) is 56.0 Å². The van der Waals surface area contributed by atoms with Crippen LogP contribution < -0.4 is 21.7 Å². The number of carboxylic acid groups (broad SMARTS) is 1. The maximum atomic E-state index is 14.3. The third-order valence-corrected chi connectivity index (χ3v) is 10.00. The summed E-state index contributed by atoms with van der Waals surface area (Å²) in [7, 11) is -10.7. The minimum atomic E-state index is -5.92. The van der Waals surface area contributed by atoms with E-state index in [0.717, 1.165) is 12.1 Å². The minimum Gasteiger partial charge on any atom is -0.481 e. The van der Waals surface area contributed by atoms with E-state index in [1.54, 1.807) is 6.07 Å². The molecule has 3 rings (SSSR count). The lowest BCUT2D eigenvalue weighted by atomic mass is 9.97. The first kappa shape index (κ1) is 43.4. The number of rotatable bonds is 20. The summed E-state index contributed by atoms with van der Waals surface area (Å²) in [6, 6.07) is 12.9. The number of alkyl halides is 2. The number of primary amides is 1. The van der Waals surface area contributed by atoms with Gasteiger partial charge in [-0.3, -0.25) is 33.1 Å². The quantitative estimate of drug-likeness (QED) is 0.0640. The average Bonchev–Trinajstić information content (AvgIpc) is 3.13. The molecule has 0 radical (unpaired) electrons. The molecule has 54 heavy (non-hydrogen) atoms. The third kappa shape index (κ3) is 12.0. The van der Waals surface area contributed by atoms with E-state index < -0.39 is 106 Å². The summed E-state index contributed by atoms with van der Waals surface area (Å²) in [5, 5.41) is 16.5. The molecule has 3 atom stereocenters. The summed E-state index contributed by atoms with van der Waals surface area (Å²) in [5.74, 6) is -6.30. The average molecular weight is 805 g/mol. The van der Waals surface area contributed by atoms with Crippen LogP contribution in [0.5, 0.6) is 0 Å². The maximum Gasteiger partial charge on any atom is 0.399 e. The molecule has 3 aromatic carbocycles. The summed E-state index contributed by atoms with van der Waals surface area (Å²) in [5.41, 5.74) is 0.392. The summed E-state index contributed by atoms with van der Waals surface area (Å²) >= 11 is 0. The molecule has 0 aliphatic carbocycles. The number of halogens is 4. The van der Waals surface area contributed by atoms with E-state index in [0.29, 0.717) is 12.1 Å². The van der Waals surface area contributed by atoms with Crippen LogP contribution in [0.1, 0.15) is 51.4 Å². The Hall–Kier alpha value is -4.97. The fraction of sp³-hybridized carbons (Fsp3) is 0.281. The van der Waals surface area contributed by atoms with Crippen molar-refractivity contribution in [2.45, 2.75) is 49.1 Å². The van der Waals surface area contributed by atoms with Gasteiger partial charge in [0.2, 0.25) is 17.7 Å². The van der Waals surface area contributed by atoms with Gasteiger partial charge in [0.1, 0.15) is 12.1 Å². The molecule has 0 heterocycles. The fourth-order valence-electron chi connectivity index (χ4n) is 4.94. The predicted molar refractivity (Wildman–Crippen MR) is 180 cm³/mol. The summed E-state index contributed by atoms with van der Waals surface area (Å²) in [6.45, 7) is -0.514. The number of hydrogen-bond donors (Lipinski definition) is 7. The van der Waals surface area contributed by atoms with Gasteiger partial charge < -0.3 is 36.6 Å². The number of nitrogens with two attached hydrogens (primary N) is 1. The molecule has 0 saturated carbocycles. The van der Waals surface area contributed by atoms with Crippen molar-refractivity contribution in [2.75, 3.05) is 6.54 Å². The number of nitrogens with one attached hydrogen (secondary N) is 3. The van der Waals surface area contributed by atoms with Crippen LogP contribution in [0, 0.1) is 0 Å². The summed E-state index contributed by atoms with van der Waals surface area (Å²) in [4.78, 5) is 81.8. The molecule has 0 fully saturated rings. The van der Waals surface area contributed by atoms with Crippen LogP contribution in [-0.2, 0) is 56.0 Å². The molecule has 0 saturated heterocycles. The van der Waals surface area contributed by atoms with E-state index in [1.165, 1.54) is 48.5 Å². The molecule has 16 nitrogen and oxygen atoms in total. The Morgan fingerprint density at radius 3 is 1.89 bits per heavy atom. The molecule has 2 unspecified atom stereocenters. The second-order valence-electron chi connectivity index (χ2n) is 11.7. The van der Waals surface area contributed by atoms with Crippen LogP contribution in [0.15, 0.2) is 78.9 Å². The second kappa shape index (κ2) is 18.9. The van der Waals surface area contributed by atoms with Gasteiger partial charge in [0, 0.05) is 30.5 Å². The van der Waals surface area contributed by atoms with Gasteiger partial charge in [-0.15, -0.1) is 9.46 Å². The van der Waals surface area contributed by atoms with E-state index in [1.807, 2.05) is 0 Å². The number of benzene rings is 3. The molecule has 0 aliphatic rings. The SMILES string of the molecule is NC(=O)[C@@H](CNC(=O)C(Cc1ccc(C(F)(F)P(=O)(O)O)cc1)NC(=O)C(CCC(=O)O)NC(=O)c1ccccc1)c1ccc(CP(=O)(OF)OF)cc1. The van der Waals surface area contributed by atoms with Crippen molar-refractivity contribution in [3.63, 3.8) is 0 Å². The normalized spacial score (nSPS) is 13.6. The molecular weight excluding hydrogens is 770 g/mol. The topological polar surface area (TPSA) is 261 Å². The Morgan fingerprint density at radius 1 is 0.796 bits per heavy atom. The molecule has 0 spiro atoms. The van der Waals surface area contributed by atoms with Crippen LogP contribution in [-0.4, -0.2) is 63.1 Å². The highest BCUT2D eigenvalue weighted by Crippen LogP contribution is 2.59. The van der Waals surface area contributed by atoms with Crippen LogP contribution in [0.4, 0.5) is 17.8 Å².